The molecule has 2 unspecified atom stereocenters. The lowest BCUT2D eigenvalue weighted by molar-refractivity contribution is -0.120. The topological polar surface area (TPSA) is 102 Å². The fourth-order valence-electron chi connectivity index (χ4n) is 3.67. The molecule has 3 aromatic carbocycles. The summed E-state index contributed by atoms with van der Waals surface area (Å²) in [5.74, 6) is -0.326. The van der Waals surface area contributed by atoms with E-state index in [1.165, 1.54) is 18.2 Å². The monoisotopic (exact) mass is 502 g/mol. The summed E-state index contributed by atoms with van der Waals surface area (Å²) in [4.78, 5) is 12.4. The van der Waals surface area contributed by atoms with E-state index in [-0.39, 0.29) is 43.0 Å². The molecule has 180 valence electrons. The van der Waals surface area contributed by atoms with Crippen LogP contribution in [0.1, 0.15) is 35.3 Å². The van der Waals surface area contributed by atoms with Gasteiger partial charge >= 0.3 is 0 Å². The van der Waals surface area contributed by atoms with Gasteiger partial charge in [0, 0.05) is 40.8 Å². The number of phenols is 2. The molecule has 3 aromatic rings. The average molecular weight is 503 g/mol. The third-order valence-electron chi connectivity index (χ3n) is 5.39. The summed E-state index contributed by atoms with van der Waals surface area (Å²) in [5, 5.41) is 36.7. The van der Waals surface area contributed by atoms with E-state index in [9.17, 15) is 20.1 Å². The van der Waals surface area contributed by atoms with Crippen molar-refractivity contribution in [3.63, 3.8) is 0 Å². The second-order valence-corrected chi connectivity index (χ2v) is 9.10. The highest BCUT2D eigenvalue weighted by Gasteiger charge is 2.13. The molecule has 1 amide bonds. The van der Waals surface area contributed by atoms with Crippen molar-refractivity contribution in [2.24, 2.45) is 0 Å². The molecule has 0 saturated carbocycles. The summed E-state index contributed by atoms with van der Waals surface area (Å²) >= 11 is 12.3. The van der Waals surface area contributed by atoms with Crippen molar-refractivity contribution in [3.8, 4) is 11.5 Å². The normalized spacial score (nSPS) is 12.8. The largest absolute Gasteiger partial charge is 0.508 e. The maximum absolute atomic E-state index is 12.4. The lowest BCUT2D eigenvalue weighted by Gasteiger charge is -2.18. The van der Waals surface area contributed by atoms with Crippen LogP contribution in [-0.4, -0.2) is 33.8 Å². The molecule has 2 atom stereocenters. The maximum atomic E-state index is 12.4. The SMILES string of the molecule is CC(Cc1cccc(CC(=O)NCc2c(Cl)cccc2Cl)c1)NCC(O)c1cc(O)cc(O)c1. The first-order chi connectivity index (χ1) is 16.2. The molecular weight excluding hydrogens is 475 g/mol. The molecule has 0 aliphatic heterocycles. The number of nitrogens with one attached hydrogen (secondary N) is 2. The maximum Gasteiger partial charge on any atom is 0.224 e. The Morgan fingerprint density at radius 1 is 0.941 bits per heavy atom. The van der Waals surface area contributed by atoms with Crippen LogP contribution in [0.25, 0.3) is 0 Å². The molecule has 0 aromatic heterocycles. The van der Waals surface area contributed by atoms with Crippen LogP contribution in [-0.2, 0) is 24.2 Å². The highest BCUT2D eigenvalue weighted by molar-refractivity contribution is 6.36. The summed E-state index contributed by atoms with van der Waals surface area (Å²) in [5.41, 5.74) is 3.07. The Morgan fingerprint density at radius 3 is 2.24 bits per heavy atom. The number of amides is 1. The van der Waals surface area contributed by atoms with Gasteiger partial charge in [-0.1, -0.05) is 53.5 Å². The minimum Gasteiger partial charge on any atom is -0.508 e. The number of phenolic OH excluding ortho intramolecular Hbond substituents is 2. The van der Waals surface area contributed by atoms with Crippen molar-refractivity contribution in [3.05, 3.63) is 93.0 Å². The number of aliphatic hydroxyl groups excluding tert-OH is 1. The van der Waals surface area contributed by atoms with E-state index in [2.05, 4.69) is 10.6 Å². The van der Waals surface area contributed by atoms with Crippen LogP contribution in [0.15, 0.2) is 60.7 Å². The Kier molecular flexibility index (Phi) is 9.19. The van der Waals surface area contributed by atoms with Gasteiger partial charge in [0.15, 0.2) is 0 Å². The van der Waals surface area contributed by atoms with Gasteiger partial charge in [0.25, 0.3) is 0 Å². The Labute approximate surface area is 209 Å². The van der Waals surface area contributed by atoms with Crippen molar-refractivity contribution < 1.29 is 20.1 Å². The minimum absolute atomic E-state index is 0.0481. The zero-order valence-electron chi connectivity index (χ0n) is 18.8. The predicted octanol–water partition coefficient (Wildman–Crippen LogP) is 4.52. The predicted molar refractivity (Wildman–Crippen MR) is 134 cm³/mol. The van der Waals surface area contributed by atoms with Gasteiger partial charge in [-0.05, 0) is 54.3 Å². The Balaban J connectivity index is 1.50. The van der Waals surface area contributed by atoms with Crippen LogP contribution in [0.5, 0.6) is 11.5 Å². The zero-order valence-corrected chi connectivity index (χ0v) is 20.3. The van der Waals surface area contributed by atoms with Crippen molar-refractivity contribution in [1.82, 2.24) is 10.6 Å². The van der Waals surface area contributed by atoms with E-state index < -0.39 is 6.10 Å². The summed E-state index contributed by atoms with van der Waals surface area (Å²) in [6, 6.07) is 17.1. The molecule has 0 heterocycles. The smallest absolute Gasteiger partial charge is 0.224 e. The quantitative estimate of drug-likeness (QED) is 0.280. The highest BCUT2D eigenvalue weighted by atomic mass is 35.5. The summed E-state index contributed by atoms with van der Waals surface area (Å²) in [6.07, 6.45) is 0.0576. The minimum atomic E-state index is -0.873. The lowest BCUT2D eigenvalue weighted by atomic mass is 10.0. The van der Waals surface area contributed by atoms with E-state index in [0.29, 0.717) is 27.6 Å². The first-order valence-electron chi connectivity index (χ1n) is 10.9. The van der Waals surface area contributed by atoms with Crippen LogP contribution in [0.4, 0.5) is 0 Å². The Hall–Kier alpha value is -2.77. The van der Waals surface area contributed by atoms with Crippen LogP contribution >= 0.6 is 23.2 Å². The van der Waals surface area contributed by atoms with Crippen molar-refractivity contribution >= 4 is 29.1 Å². The summed E-state index contributed by atoms with van der Waals surface area (Å²) in [7, 11) is 0. The van der Waals surface area contributed by atoms with Crippen LogP contribution < -0.4 is 10.6 Å². The number of rotatable bonds is 10. The third kappa shape index (κ3) is 7.64. The average Bonchev–Trinajstić information content (AvgIpc) is 2.76. The van der Waals surface area contributed by atoms with Crippen LogP contribution in [0.3, 0.4) is 0 Å². The summed E-state index contributed by atoms with van der Waals surface area (Å²) in [6.45, 7) is 2.52. The van der Waals surface area contributed by atoms with Gasteiger partial charge in [-0.15, -0.1) is 0 Å². The van der Waals surface area contributed by atoms with E-state index >= 15 is 0 Å². The van der Waals surface area contributed by atoms with E-state index in [1.807, 2.05) is 31.2 Å². The highest BCUT2D eigenvalue weighted by Crippen LogP contribution is 2.25. The van der Waals surface area contributed by atoms with Crippen molar-refractivity contribution in [1.29, 1.82) is 0 Å². The molecule has 3 rings (SSSR count). The number of halogens is 2. The molecule has 8 heteroatoms. The van der Waals surface area contributed by atoms with E-state index in [4.69, 9.17) is 23.2 Å². The van der Waals surface area contributed by atoms with Crippen molar-refractivity contribution in [2.75, 3.05) is 6.54 Å². The molecule has 0 aliphatic rings. The second kappa shape index (κ2) is 12.1. The van der Waals surface area contributed by atoms with E-state index in [0.717, 1.165) is 11.1 Å². The van der Waals surface area contributed by atoms with Crippen molar-refractivity contribution in [2.45, 2.75) is 38.5 Å². The number of benzene rings is 3. The fraction of sp³-hybridized carbons (Fsp3) is 0.269. The van der Waals surface area contributed by atoms with Gasteiger partial charge < -0.3 is 26.0 Å². The molecule has 6 nitrogen and oxygen atoms in total. The molecule has 0 saturated heterocycles. The van der Waals surface area contributed by atoms with Crippen LogP contribution in [0.2, 0.25) is 10.0 Å². The fourth-order valence-corrected chi connectivity index (χ4v) is 4.20. The number of hydrogen-bond acceptors (Lipinski definition) is 5. The molecule has 0 spiro atoms. The molecule has 0 radical (unpaired) electrons. The first-order valence-corrected chi connectivity index (χ1v) is 11.7. The molecule has 0 aliphatic carbocycles. The lowest BCUT2D eigenvalue weighted by Crippen LogP contribution is -2.32. The van der Waals surface area contributed by atoms with Crippen LogP contribution in [0, 0.1) is 0 Å². The van der Waals surface area contributed by atoms with Gasteiger partial charge in [-0.25, -0.2) is 0 Å². The first kappa shape index (κ1) is 25.8. The molecule has 5 N–H and O–H groups in total. The molecule has 0 bridgehead atoms. The Bertz CT molecular complexity index is 1100. The Morgan fingerprint density at radius 2 is 1.56 bits per heavy atom. The summed E-state index contributed by atoms with van der Waals surface area (Å²) < 4.78 is 0. The van der Waals surface area contributed by atoms with Gasteiger partial charge in [0.1, 0.15) is 11.5 Å². The van der Waals surface area contributed by atoms with Gasteiger partial charge in [-0.3, -0.25) is 4.79 Å². The number of carbonyl (C=O) groups excluding carboxylic acids is 1. The molecule has 0 fully saturated rings. The number of carbonyl (C=O) groups is 1. The van der Waals surface area contributed by atoms with Gasteiger partial charge in [0.2, 0.25) is 5.91 Å². The zero-order chi connectivity index (χ0) is 24.7. The molecular formula is C26H28Cl2N2O4. The molecule has 34 heavy (non-hydrogen) atoms. The number of hydrogen-bond donors (Lipinski definition) is 5. The van der Waals surface area contributed by atoms with E-state index in [1.54, 1.807) is 18.2 Å². The second-order valence-electron chi connectivity index (χ2n) is 8.29. The number of aliphatic hydroxyl groups is 1. The third-order valence-corrected chi connectivity index (χ3v) is 6.10. The van der Waals surface area contributed by atoms with Gasteiger partial charge in [0.05, 0.1) is 12.5 Å². The standard InChI is InChI=1S/C26H28Cl2N2O4/c1-16(29-15-25(33)19-11-20(31)13-21(32)12-19)8-17-4-2-5-18(9-17)10-26(34)30-14-22-23(27)6-3-7-24(22)28/h2-7,9,11-13,16,25,29,31-33H,8,10,14-15H2,1H3,(H,30,34). The van der Waals surface area contributed by atoms with Gasteiger partial charge in [-0.2, -0.15) is 0 Å². The number of aromatic hydroxyl groups is 2.